The Balaban J connectivity index is 1.55. The number of amides is 3. The quantitative estimate of drug-likeness (QED) is 0.734. The van der Waals surface area contributed by atoms with Gasteiger partial charge in [0.2, 0.25) is 5.91 Å². The van der Waals surface area contributed by atoms with Crippen LogP contribution in [0, 0.1) is 11.7 Å². The van der Waals surface area contributed by atoms with Crippen LogP contribution in [0.5, 0.6) is 0 Å². The molecule has 6 nitrogen and oxygen atoms in total. The lowest BCUT2D eigenvalue weighted by molar-refractivity contribution is -0.147. The van der Waals surface area contributed by atoms with Crippen LogP contribution in [0.2, 0.25) is 5.02 Å². The number of piperazine rings is 1. The average molecular weight is 418 g/mol. The number of rotatable bonds is 6. The van der Waals surface area contributed by atoms with Crippen molar-refractivity contribution < 1.29 is 18.8 Å². The third kappa shape index (κ3) is 4.92. The highest BCUT2D eigenvalue weighted by molar-refractivity contribution is 6.41. The number of para-hydroxylation sites is 1. The highest BCUT2D eigenvalue weighted by Crippen LogP contribution is 2.19. The Hall–Kier alpha value is -2.93. The zero-order valence-corrected chi connectivity index (χ0v) is 16.7. The average Bonchev–Trinajstić information content (AvgIpc) is 2.71. The minimum absolute atomic E-state index is 0.135. The molecule has 0 saturated carbocycles. The van der Waals surface area contributed by atoms with Crippen LogP contribution in [0.4, 0.5) is 10.1 Å². The molecule has 152 valence electrons. The molecule has 3 rings (SSSR count). The van der Waals surface area contributed by atoms with Crippen LogP contribution in [-0.2, 0) is 20.9 Å². The lowest BCUT2D eigenvalue weighted by atomic mass is 10.1. The highest BCUT2D eigenvalue weighted by Gasteiger charge is 2.34. The molecule has 1 heterocycles. The van der Waals surface area contributed by atoms with Crippen molar-refractivity contribution in [1.82, 2.24) is 10.2 Å². The molecule has 0 unspecified atom stereocenters. The summed E-state index contributed by atoms with van der Waals surface area (Å²) in [6.45, 7) is 2.69. The predicted octanol–water partition coefficient (Wildman–Crippen LogP) is 2.61. The van der Waals surface area contributed by atoms with E-state index in [4.69, 9.17) is 11.6 Å². The molecule has 0 radical (unpaired) electrons. The number of hydrogen-bond donors (Lipinski definition) is 1. The Kier molecular flexibility index (Phi) is 6.49. The molecule has 0 aliphatic carbocycles. The molecule has 1 fully saturated rings. The summed E-state index contributed by atoms with van der Waals surface area (Å²) in [7, 11) is 0. The molecule has 0 bridgehead atoms. The van der Waals surface area contributed by atoms with E-state index >= 15 is 0 Å². The first kappa shape index (κ1) is 20.8. The molecule has 0 aromatic heterocycles. The molecule has 29 heavy (non-hydrogen) atoms. The van der Waals surface area contributed by atoms with Gasteiger partial charge in [-0.25, -0.2) is 4.39 Å². The summed E-state index contributed by atoms with van der Waals surface area (Å²) in [4.78, 5) is 40.2. The molecule has 0 spiro atoms. The van der Waals surface area contributed by atoms with E-state index in [1.54, 1.807) is 31.2 Å². The molecule has 2 aromatic rings. The number of benzene rings is 2. The van der Waals surface area contributed by atoms with E-state index in [0.29, 0.717) is 24.3 Å². The summed E-state index contributed by atoms with van der Waals surface area (Å²) in [5, 5.41) is 2.96. The second kappa shape index (κ2) is 9.05. The first-order valence-corrected chi connectivity index (χ1v) is 9.62. The summed E-state index contributed by atoms with van der Waals surface area (Å²) in [6, 6.07) is 13.0. The monoisotopic (exact) mass is 417 g/mol. The SMILES string of the molecule is C[C@@H](CN1CCN(c2ccccc2)C(=O)C1=O)C(=O)NCc1ccc(F)cc1Cl. The molecular weight excluding hydrogens is 397 g/mol. The Morgan fingerprint density at radius 1 is 1.14 bits per heavy atom. The number of nitrogens with one attached hydrogen (secondary N) is 1. The van der Waals surface area contributed by atoms with Gasteiger partial charge in [-0.15, -0.1) is 0 Å². The largest absolute Gasteiger partial charge is 0.352 e. The first-order valence-electron chi connectivity index (χ1n) is 9.24. The zero-order chi connectivity index (χ0) is 21.0. The number of carbonyl (C=O) groups is 3. The van der Waals surface area contributed by atoms with Crippen molar-refractivity contribution in [3.63, 3.8) is 0 Å². The van der Waals surface area contributed by atoms with Crippen LogP contribution >= 0.6 is 11.6 Å². The molecule has 1 atom stereocenters. The minimum atomic E-state index is -0.624. The van der Waals surface area contributed by atoms with E-state index in [-0.39, 0.29) is 24.0 Å². The van der Waals surface area contributed by atoms with Gasteiger partial charge in [0.05, 0.1) is 5.92 Å². The van der Waals surface area contributed by atoms with Crippen LogP contribution < -0.4 is 10.2 Å². The lowest BCUT2D eigenvalue weighted by Crippen LogP contribution is -2.56. The third-order valence-electron chi connectivity index (χ3n) is 4.79. The molecule has 1 saturated heterocycles. The molecule has 2 aromatic carbocycles. The number of carbonyl (C=O) groups excluding carboxylic acids is 3. The van der Waals surface area contributed by atoms with Gasteiger partial charge in [-0.3, -0.25) is 14.4 Å². The van der Waals surface area contributed by atoms with Gasteiger partial charge in [0.1, 0.15) is 5.82 Å². The van der Waals surface area contributed by atoms with Crippen molar-refractivity contribution in [2.45, 2.75) is 13.5 Å². The Labute approximate surface area is 173 Å². The second-order valence-electron chi connectivity index (χ2n) is 6.90. The summed E-state index contributed by atoms with van der Waals surface area (Å²) < 4.78 is 13.1. The van der Waals surface area contributed by atoms with Crippen LogP contribution in [0.25, 0.3) is 0 Å². The van der Waals surface area contributed by atoms with Gasteiger partial charge in [0.25, 0.3) is 0 Å². The van der Waals surface area contributed by atoms with E-state index in [1.165, 1.54) is 28.0 Å². The van der Waals surface area contributed by atoms with E-state index in [2.05, 4.69) is 5.32 Å². The van der Waals surface area contributed by atoms with Gasteiger partial charge in [-0.05, 0) is 29.8 Å². The van der Waals surface area contributed by atoms with Crippen molar-refractivity contribution in [3.8, 4) is 0 Å². The van der Waals surface area contributed by atoms with Crippen molar-refractivity contribution >= 4 is 35.0 Å². The lowest BCUT2D eigenvalue weighted by Gasteiger charge is -2.34. The van der Waals surface area contributed by atoms with Crippen molar-refractivity contribution in [1.29, 1.82) is 0 Å². The van der Waals surface area contributed by atoms with Crippen molar-refractivity contribution in [3.05, 3.63) is 64.9 Å². The molecule has 8 heteroatoms. The van der Waals surface area contributed by atoms with Gasteiger partial charge in [-0.1, -0.05) is 42.8 Å². The number of nitrogens with zero attached hydrogens (tertiary/aromatic N) is 2. The van der Waals surface area contributed by atoms with Gasteiger partial charge in [0.15, 0.2) is 0 Å². The summed E-state index contributed by atoms with van der Waals surface area (Å²) in [5.41, 5.74) is 1.27. The molecule has 1 aliphatic heterocycles. The Morgan fingerprint density at radius 2 is 1.86 bits per heavy atom. The molecular formula is C21H21ClFN3O3. The van der Waals surface area contributed by atoms with Gasteiger partial charge >= 0.3 is 11.8 Å². The van der Waals surface area contributed by atoms with Crippen molar-refractivity contribution in [2.24, 2.45) is 5.92 Å². The second-order valence-corrected chi connectivity index (χ2v) is 7.31. The van der Waals surface area contributed by atoms with Crippen LogP contribution in [-0.4, -0.2) is 42.3 Å². The first-order chi connectivity index (χ1) is 13.9. The maximum atomic E-state index is 13.1. The standard InChI is InChI=1S/C21H21ClFN3O3/c1-14(19(27)24-12-15-7-8-16(23)11-18(15)22)13-25-9-10-26(21(29)20(25)28)17-5-3-2-4-6-17/h2-8,11,14H,9-10,12-13H2,1H3,(H,24,27)/t14-/m0/s1. The number of halogens is 2. The van der Waals surface area contributed by atoms with Crippen molar-refractivity contribution in [2.75, 3.05) is 24.5 Å². The van der Waals surface area contributed by atoms with E-state index in [1.807, 2.05) is 6.07 Å². The van der Waals surface area contributed by atoms with Crippen LogP contribution in [0.15, 0.2) is 48.5 Å². The fourth-order valence-corrected chi connectivity index (χ4v) is 3.37. The van der Waals surface area contributed by atoms with Crippen LogP contribution in [0.1, 0.15) is 12.5 Å². The molecule has 3 amide bonds. The minimum Gasteiger partial charge on any atom is -0.352 e. The highest BCUT2D eigenvalue weighted by atomic mass is 35.5. The number of anilines is 1. The third-order valence-corrected chi connectivity index (χ3v) is 5.14. The van der Waals surface area contributed by atoms with Crippen LogP contribution in [0.3, 0.4) is 0 Å². The smallest absolute Gasteiger partial charge is 0.316 e. The van der Waals surface area contributed by atoms with Gasteiger partial charge in [-0.2, -0.15) is 0 Å². The topological polar surface area (TPSA) is 69.7 Å². The van der Waals surface area contributed by atoms with E-state index < -0.39 is 23.5 Å². The molecule has 1 N–H and O–H groups in total. The number of hydrogen-bond acceptors (Lipinski definition) is 3. The summed E-state index contributed by atoms with van der Waals surface area (Å²) in [6.07, 6.45) is 0. The van der Waals surface area contributed by atoms with Gasteiger partial charge in [0, 0.05) is 36.9 Å². The summed E-state index contributed by atoms with van der Waals surface area (Å²) in [5.74, 6) is -2.48. The Morgan fingerprint density at radius 3 is 2.55 bits per heavy atom. The summed E-state index contributed by atoms with van der Waals surface area (Å²) >= 11 is 5.96. The fraction of sp³-hybridized carbons (Fsp3) is 0.286. The fourth-order valence-electron chi connectivity index (χ4n) is 3.14. The van der Waals surface area contributed by atoms with Gasteiger partial charge < -0.3 is 15.1 Å². The maximum Gasteiger partial charge on any atom is 0.316 e. The maximum absolute atomic E-state index is 13.1. The predicted molar refractivity (Wildman–Crippen MR) is 108 cm³/mol. The Bertz CT molecular complexity index is 923. The zero-order valence-electron chi connectivity index (χ0n) is 15.9. The molecule has 1 aliphatic rings. The van der Waals surface area contributed by atoms with E-state index in [9.17, 15) is 18.8 Å². The normalized spacial score (nSPS) is 15.4. The van der Waals surface area contributed by atoms with E-state index in [0.717, 1.165) is 0 Å².